The lowest BCUT2D eigenvalue weighted by Gasteiger charge is -2.04. The van der Waals surface area contributed by atoms with Crippen molar-refractivity contribution in [3.63, 3.8) is 0 Å². The standard InChI is InChI=1S/C17H11ClO3/c1-10-6-7-12-15(8-10)21-9-13(17(12)20)16(19)11-4-2-3-5-14(11)18/h2-9H,1H3. The van der Waals surface area contributed by atoms with Crippen molar-refractivity contribution in [2.75, 3.05) is 0 Å². The van der Waals surface area contributed by atoms with Gasteiger partial charge in [-0.3, -0.25) is 9.59 Å². The Hall–Kier alpha value is -2.39. The molecule has 0 aliphatic rings. The van der Waals surface area contributed by atoms with E-state index < -0.39 is 5.78 Å². The van der Waals surface area contributed by atoms with Gasteiger partial charge >= 0.3 is 0 Å². The van der Waals surface area contributed by atoms with Crippen molar-refractivity contribution in [3.8, 4) is 0 Å². The van der Waals surface area contributed by atoms with E-state index in [0.29, 0.717) is 16.0 Å². The second-order valence-corrected chi connectivity index (χ2v) is 5.19. The van der Waals surface area contributed by atoms with Crippen molar-refractivity contribution < 1.29 is 9.21 Å². The Bertz CT molecular complexity index is 909. The number of fused-ring (bicyclic) bond motifs is 1. The van der Waals surface area contributed by atoms with Crippen LogP contribution in [0.3, 0.4) is 0 Å². The van der Waals surface area contributed by atoms with E-state index in [-0.39, 0.29) is 16.6 Å². The molecule has 0 aliphatic heterocycles. The molecule has 0 radical (unpaired) electrons. The molecule has 0 saturated carbocycles. The van der Waals surface area contributed by atoms with Crippen molar-refractivity contribution in [2.45, 2.75) is 6.92 Å². The van der Waals surface area contributed by atoms with Gasteiger partial charge in [0.05, 0.1) is 10.4 Å². The Morgan fingerprint density at radius 1 is 1.10 bits per heavy atom. The average Bonchev–Trinajstić information content (AvgIpc) is 2.47. The second-order valence-electron chi connectivity index (χ2n) is 4.79. The lowest BCUT2D eigenvalue weighted by molar-refractivity contribution is 0.103. The number of carbonyl (C=O) groups excluding carboxylic acids is 1. The molecule has 3 nitrogen and oxygen atoms in total. The fourth-order valence-electron chi connectivity index (χ4n) is 2.18. The first kappa shape index (κ1) is 13.6. The molecule has 21 heavy (non-hydrogen) atoms. The number of ketones is 1. The van der Waals surface area contributed by atoms with Gasteiger partial charge in [-0.2, -0.15) is 0 Å². The number of rotatable bonds is 2. The Morgan fingerprint density at radius 3 is 2.62 bits per heavy atom. The van der Waals surface area contributed by atoms with Gasteiger partial charge in [0, 0.05) is 5.56 Å². The third kappa shape index (κ3) is 2.36. The predicted molar refractivity (Wildman–Crippen MR) is 82.1 cm³/mol. The molecule has 0 aliphatic carbocycles. The van der Waals surface area contributed by atoms with Crippen LogP contribution in [-0.2, 0) is 0 Å². The zero-order chi connectivity index (χ0) is 15.0. The molecule has 0 unspecified atom stereocenters. The van der Waals surface area contributed by atoms with Gasteiger partial charge in [0.25, 0.3) is 0 Å². The minimum Gasteiger partial charge on any atom is -0.463 e. The molecule has 0 fully saturated rings. The highest BCUT2D eigenvalue weighted by molar-refractivity contribution is 6.35. The molecule has 0 spiro atoms. The maximum Gasteiger partial charge on any atom is 0.203 e. The highest BCUT2D eigenvalue weighted by Gasteiger charge is 2.18. The van der Waals surface area contributed by atoms with Gasteiger partial charge in [0.15, 0.2) is 0 Å². The van der Waals surface area contributed by atoms with Crippen molar-refractivity contribution in [1.29, 1.82) is 0 Å². The van der Waals surface area contributed by atoms with Crippen molar-refractivity contribution in [1.82, 2.24) is 0 Å². The second kappa shape index (κ2) is 5.19. The monoisotopic (exact) mass is 298 g/mol. The Kier molecular flexibility index (Phi) is 3.35. The highest BCUT2D eigenvalue weighted by Crippen LogP contribution is 2.20. The van der Waals surface area contributed by atoms with Crippen LogP contribution < -0.4 is 5.43 Å². The Labute approximate surface area is 125 Å². The Morgan fingerprint density at radius 2 is 1.86 bits per heavy atom. The van der Waals surface area contributed by atoms with E-state index in [2.05, 4.69) is 0 Å². The lowest BCUT2D eigenvalue weighted by atomic mass is 10.0. The SMILES string of the molecule is Cc1ccc2c(=O)c(C(=O)c3ccccc3Cl)coc2c1. The van der Waals surface area contributed by atoms with Gasteiger partial charge in [0.2, 0.25) is 11.2 Å². The maximum absolute atomic E-state index is 12.5. The fourth-order valence-corrected chi connectivity index (χ4v) is 2.40. The van der Waals surface area contributed by atoms with Crippen LogP contribution in [0.5, 0.6) is 0 Å². The lowest BCUT2D eigenvalue weighted by Crippen LogP contribution is -2.16. The van der Waals surface area contributed by atoms with Crippen LogP contribution in [0.1, 0.15) is 21.5 Å². The number of aryl methyl sites for hydroxylation is 1. The summed E-state index contributed by atoms with van der Waals surface area (Å²) in [5.74, 6) is -0.433. The van der Waals surface area contributed by atoms with Crippen LogP contribution in [0.15, 0.2) is 57.9 Å². The minimum absolute atomic E-state index is 0.0144. The molecule has 0 bridgehead atoms. The van der Waals surface area contributed by atoms with Gasteiger partial charge in [0.1, 0.15) is 17.4 Å². The fraction of sp³-hybridized carbons (Fsp3) is 0.0588. The summed E-state index contributed by atoms with van der Waals surface area (Å²) >= 11 is 6.01. The molecule has 0 N–H and O–H groups in total. The van der Waals surface area contributed by atoms with Gasteiger partial charge in [-0.05, 0) is 36.8 Å². The van der Waals surface area contributed by atoms with Gasteiger partial charge in [-0.15, -0.1) is 0 Å². The topological polar surface area (TPSA) is 47.3 Å². The molecular weight excluding hydrogens is 288 g/mol. The van der Waals surface area contributed by atoms with E-state index in [9.17, 15) is 9.59 Å². The number of hydrogen-bond donors (Lipinski definition) is 0. The van der Waals surface area contributed by atoms with E-state index in [4.69, 9.17) is 16.0 Å². The zero-order valence-corrected chi connectivity index (χ0v) is 12.0. The summed E-state index contributed by atoms with van der Waals surface area (Å²) in [6, 6.07) is 11.9. The van der Waals surface area contributed by atoms with Gasteiger partial charge in [-0.25, -0.2) is 0 Å². The van der Waals surface area contributed by atoms with E-state index in [0.717, 1.165) is 5.56 Å². The smallest absolute Gasteiger partial charge is 0.203 e. The molecule has 2 aromatic carbocycles. The van der Waals surface area contributed by atoms with Crippen molar-refractivity contribution in [2.24, 2.45) is 0 Å². The summed E-state index contributed by atoms with van der Waals surface area (Å²) in [5.41, 5.74) is 1.38. The van der Waals surface area contributed by atoms with E-state index in [1.54, 1.807) is 36.4 Å². The van der Waals surface area contributed by atoms with Crippen molar-refractivity contribution in [3.05, 3.63) is 80.7 Å². The largest absolute Gasteiger partial charge is 0.463 e. The van der Waals surface area contributed by atoms with Gasteiger partial charge < -0.3 is 4.42 Å². The minimum atomic E-state index is -0.433. The number of halogens is 1. The van der Waals surface area contributed by atoms with Crippen LogP contribution >= 0.6 is 11.6 Å². The quantitative estimate of drug-likeness (QED) is 0.672. The summed E-state index contributed by atoms with van der Waals surface area (Å²) in [5, 5.41) is 0.699. The predicted octanol–water partition coefficient (Wildman–Crippen LogP) is 3.99. The molecule has 0 saturated heterocycles. The van der Waals surface area contributed by atoms with Gasteiger partial charge in [-0.1, -0.05) is 29.8 Å². The molecule has 0 amide bonds. The summed E-state index contributed by atoms with van der Waals surface area (Å²) in [6.07, 6.45) is 1.20. The van der Waals surface area contributed by atoms with E-state index in [1.807, 2.05) is 13.0 Å². The highest BCUT2D eigenvalue weighted by atomic mass is 35.5. The molecule has 4 heteroatoms. The number of carbonyl (C=O) groups is 1. The summed E-state index contributed by atoms with van der Waals surface area (Å²) in [6.45, 7) is 1.91. The first-order valence-electron chi connectivity index (χ1n) is 6.39. The molecule has 104 valence electrons. The number of benzene rings is 2. The van der Waals surface area contributed by atoms with Crippen LogP contribution in [0.2, 0.25) is 5.02 Å². The normalized spacial score (nSPS) is 10.8. The summed E-state index contributed by atoms with van der Waals surface area (Å²) in [7, 11) is 0. The molecule has 1 aromatic heterocycles. The first-order chi connectivity index (χ1) is 10.1. The summed E-state index contributed by atoms with van der Waals surface area (Å²) in [4.78, 5) is 24.9. The van der Waals surface area contributed by atoms with Crippen LogP contribution in [0.4, 0.5) is 0 Å². The van der Waals surface area contributed by atoms with E-state index >= 15 is 0 Å². The third-order valence-corrected chi connectivity index (χ3v) is 3.62. The van der Waals surface area contributed by atoms with Crippen LogP contribution in [0.25, 0.3) is 11.0 Å². The van der Waals surface area contributed by atoms with Crippen LogP contribution in [-0.4, -0.2) is 5.78 Å². The third-order valence-electron chi connectivity index (χ3n) is 3.29. The first-order valence-corrected chi connectivity index (χ1v) is 6.77. The number of hydrogen-bond acceptors (Lipinski definition) is 3. The van der Waals surface area contributed by atoms with E-state index in [1.165, 1.54) is 6.26 Å². The van der Waals surface area contributed by atoms with Crippen molar-refractivity contribution >= 4 is 28.4 Å². The molecular formula is C17H11ClO3. The molecule has 3 aromatic rings. The maximum atomic E-state index is 12.5. The summed E-state index contributed by atoms with van der Waals surface area (Å²) < 4.78 is 5.42. The molecule has 3 rings (SSSR count). The van der Waals surface area contributed by atoms with Crippen LogP contribution in [0, 0.1) is 6.92 Å². The zero-order valence-electron chi connectivity index (χ0n) is 11.2. The Balaban J connectivity index is 2.20. The molecule has 1 heterocycles. The molecule has 0 atom stereocenters. The average molecular weight is 299 g/mol.